The van der Waals surface area contributed by atoms with Crippen molar-refractivity contribution < 1.29 is 8.83 Å². The molecule has 0 atom stereocenters. The van der Waals surface area contributed by atoms with Crippen molar-refractivity contribution in [3.63, 3.8) is 0 Å². The van der Waals surface area contributed by atoms with Crippen LogP contribution < -0.4 is 4.90 Å². The zero-order valence-electron chi connectivity index (χ0n) is 29.8. The molecule has 0 aliphatic carbocycles. The predicted octanol–water partition coefficient (Wildman–Crippen LogP) is 15.1. The number of nitrogens with zero attached hydrogens (tertiary/aromatic N) is 1. The van der Waals surface area contributed by atoms with Gasteiger partial charge in [-0.2, -0.15) is 0 Å². The smallest absolute Gasteiger partial charge is 0.143 e. The molecule has 0 N–H and O–H groups in total. The van der Waals surface area contributed by atoms with E-state index >= 15 is 0 Å². The largest absolute Gasteiger partial charge is 0.456 e. The van der Waals surface area contributed by atoms with Crippen LogP contribution in [0.3, 0.4) is 0 Å². The average Bonchev–Trinajstić information content (AvgIpc) is 3.83. The quantitative estimate of drug-likeness (QED) is 0.173. The average molecular weight is 704 g/mol. The van der Waals surface area contributed by atoms with Crippen LogP contribution in [-0.2, 0) is 0 Å². The Morgan fingerprint density at radius 3 is 1.69 bits per heavy atom. The zero-order chi connectivity index (χ0) is 36.3. The van der Waals surface area contributed by atoms with E-state index < -0.39 is 0 Å². The standard InChI is InChI=1S/C52H33NO2/c1-2-11-34(12-3-1)35-21-27-39(28-22-35)53(40-29-23-36(24-30-40)38-26-31-44-43-16-7-9-20-49(43)54-50(44)33-38)48-19-8-6-15-42(48)45-17-10-18-46-47-32-25-37-13-4-5-14-41(37)51(47)55-52(45)46/h1-33H. The Labute approximate surface area is 317 Å². The Balaban J connectivity index is 1.06. The summed E-state index contributed by atoms with van der Waals surface area (Å²) in [6, 6.07) is 70.9. The van der Waals surface area contributed by atoms with Crippen molar-refractivity contribution >= 4 is 71.7 Å². The molecule has 55 heavy (non-hydrogen) atoms. The van der Waals surface area contributed by atoms with Gasteiger partial charge < -0.3 is 13.7 Å². The molecule has 258 valence electrons. The van der Waals surface area contributed by atoms with Crippen LogP contribution in [0.25, 0.3) is 88.0 Å². The second-order valence-corrected chi connectivity index (χ2v) is 14.1. The monoisotopic (exact) mass is 703 g/mol. The third kappa shape index (κ3) is 5.20. The van der Waals surface area contributed by atoms with Gasteiger partial charge in [0.1, 0.15) is 22.3 Å². The summed E-state index contributed by atoms with van der Waals surface area (Å²) >= 11 is 0. The fourth-order valence-corrected chi connectivity index (χ4v) is 8.20. The van der Waals surface area contributed by atoms with Crippen LogP contribution in [0.5, 0.6) is 0 Å². The maximum absolute atomic E-state index is 6.85. The molecule has 0 saturated heterocycles. The molecule has 0 spiro atoms. The lowest BCUT2D eigenvalue weighted by Gasteiger charge is -2.28. The molecular weight excluding hydrogens is 671 g/mol. The molecule has 0 amide bonds. The molecule has 9 aromatic carbocycles. The van der Waals surface area contributed by atoms with Crippen LogP contribution in [-0.4, -0.2) is 0 Å². The van der Waals surface area contributed by atoms with Gasteiger partial charge in [0.25, 0.3) is 0 Å². The highest BCUT2D eigenvalue weighted by Gasteiger charge is 2.21. The molecule has 3 nitrogen and oxygen atoms in total. The minimum Gasteiger partial charge on any atom is -0.456 e. The summed E-state index contributed by atoms with van der Waals surface area (Å²) in [6.45, 7) is 0. The highest BCUT2D eigenvalue weighted by Crippen LogP contribution is 2.45. The van der Waals surface area contributed by atoms with Crippen LogP contribution in [0, 0.1) is 0 Å². The first kappa shape index (κ1) is 31.2. The van der Waals surface area contributed by atoms with Crippen molar-refractivity contribution in [2.45, 2.75) is 0 Å². The van der Waals surface area contributed by atoms with Gasteiger partial charge in [0.15, 0.2) is 0 Å². The predicted molar refractivity (Wildman–Crippen MR) is 229 cm³/mol. The topological polar surface area (TPSA) is 29.5 Å². The summed E-state index contributed by atoms with van der Waals surface area (Å²) < 4.78 is 13.1. The second-order valence-electron chi connectivity index (χ2n) is 14.1. The van der Waals surface area contributed by atoms with Crippen LogP contribution in [0.4, 0.5) is 17.1 Å². The molecule has 0 aliphatic rings. The highest BCUT2D eigenvalue weighted by molar-refractivity contribution is 6.17. The van der Waals surface area contributed by atoms with E-state index in [0.29, 0.717) is 0 Å². The molecule has 0 bridgehead atoms. The highest BCUT2D eigenvalue weighted by atomic mass is 16.3. The third-order valence-corrected chi connectivity index (χ3v) is 10.9. The lowest BCUT2D eigenvalue weighted by molar-refractivity contribution is 0.669. The fourth-order valence-electron chi connectivity index (χ4n) is 8.20. The van der Waals surface area contributed by atoms with Crippen LogP contribution in [0.1, 0.15) is 0 Å². The maximum atomic E-state index is 6.85. The van der Waals surface area contributed by atoms with Crippen LogP contribution >= 0.6 is 0 Å². The molecule has 3 heteroatoms. The maximum Gasteiger partial charge on any atom is 0.143 e. The first-order valence-electron chi connectivity index (χ1n) is 18.7. The number of para-hydroxylation sites is 3. The Morgan fingerprint density at radius 1 is 0.309 bits per heavy atom. The van der Waals surface area contributed by atoms with Gasteiger partial charge in [0.2, 0.25) is 0 Å². The summed E-state index contributed by atoms with van der Waals surface area (Å²) in [6.07, 6.45) is 0. The summed E-state index contributed by atoms with van der Waals surface area (Å²) in [5.74, 6) is 0. The number of fused-ring (bicyclic) bond motifs is 8. The summed E-state index contributed by atoms with van der Waals surface area (Å²) in [5, 5.41) is 6.79. The summed E-state index contributed by atoms with van der Waals surface area (Å²) in [5.41, 5.74) is 13.5. The van der Waals surface area contributed by atoms with E-state index in [9.17, 15) is 0 Å². The van der Waals surface area contributed by atoms with Gasteiger partial charge in [0.05, 0.1) is 5.69 Å². The lowest BCUT2D eigenvalue weighted by Crippen LogP contribution is -2.11. The van der Waals surface area contributed by atoms with Gasteiger partial charge in [-0.1, -0.05) is 146 Å². The third-order valence-electron chi connectivity index (χ3n) is 10.9. The molecule has 0 saturated carbocycles. The second kappa shape index (κ2) is 12.6. The number of anilines is 3. The van der Waals surface area contributed by atoms with E-state index in [4.69, 9.17) is 8.83 Å². The molecular formula is C52H33NO2. The molecule has 0 aliphatic heterocycles. The molecule has 2 heterocycles. The van der Waals surface area contributed by atoms with Crippen molar-refractivity contribution in [2.24, 2.45) is 0 Å². The minimum atomic E-state index is 0.886. The van der Waals surface area contributed by atoms with E-state index in [0.717, 1.165) is 88.6 Å². The first-order chi connectivity index (χ1) is 27.3. The number of furan rings is 2. The van der Waals surface area contributed by atoms with Crippen molar-refractivity contribution in [3.05, 3.63) is 200 Å². The van der Waals surface area contributed by atoms with E-state index in [2.05, 4.69) is 193 Å². The fraction of sp³-hybridized carbons (Fsp3) is 0. The minimum absolute atomic E-state index is 0.886. The Morgan fingerprint density at radius 2 is 0.873 bits per heavy atom. The number of hydrogen-bond acceptors (Lipinski definition) is 3. The number of benzene rings is 9. The van der Waals surface area contributed by atoms with Crippen molar-refractivity contribution in [1.82, 2.24) is 0 Å². The summed E-state index contributed by atoms with van der Waals surface area (Å²) in [4.78, 5) is 2.35. The van der Waals surface area contributed by atoms with Crippen molar-refractivity contribution in [3.8, 4) is 33.4 Å². The molecule has 0 radical (unpaired) electrons. The lowest BCUT2D eigenvalue weighted by atomic mass is 9.98. The molecule has 2 aromatic heterocycles. The van der Waals surface area contributed by atoms with Crippen LogP contribution in [0.2, 0.25) is 0 Å². The first-order valence-corrected chi connectivity index (χ1v) is 18.7. The van der Waals surface area contributed by atoms with E-state index in [-0.39, 0.29) is 0 Å². The Hall–Kier alpha value is -7.36. The normalized spacial score (nSPS) is 11.6. The van der Waals surface area contributed by atoms with Gasteiger partial charge in [-0.05, 0) is 82.2 Å². The summed E-state index contributed by atoms with van der Waals surface area (Å²) in [7, 11) is 0. The Bertz CT molecular complexity index is 3190. The van der Waals surface area contributed by atoms with Gasteiger partial charge in [0, 0.05) is 49.4 Å². The van der Waals surface area contributed by atoms with E-state index in [1.165, 1.54) is 16.5 Å². The SMILES string of the molecule is c1ccc(-c2ccc(N(c3ccc(-c4ccc5c(c4)oc4ccccc45)cc3)c3ccccc3-c3cccc4c3oc3c5ccccc5ccc43)cc2)cc1. The molecule has 11 rings (SSSR count). The number of hydrogen-bond donors (Lipinski definition) is 0. The van der Waals surface area contributed by atoms with Crippen molar-refractivity contribution in [2.75, 3.05) is 4.90 Å². The van der Waals surface area contributed by atoms with E-state index in [1.807, 2.05) is 12.1 Å². The van der Waals surface area contributed by atoms with Gasteiger partial charge in [-0.15, -0.1) is 0 Å². The molecule has 11 aromatic rings. The van der Waals surface area contributed by atoms with E-state index in [1.54, 1.807) is 0 Å². The van der Waals surface area contributed by atoms with Gasteiger partial charge in [-0.3, -0.25) is 0 Å². The molecule has 0 fully saturated rings. The zero-order valence-corrected chi connectivity index (χ0v) is 29.8. The van der Waals surface area contributed by atoms with Crippen LogP contribution in [0.15, 0.2) is 209 Å². The number of rotatable bonds is 6. The van der Waals surface area contributed by atoms with Gasteiger partial charge in [-0.25, -0.2) is 0 Å². The molecule has 0 unspecified atom stereocenters. The van der Waals surface area contributed by atoms with Gasteiger partial charge >= 0.3 is 0 Å². The Kier molecular flexibility index (Phi) is 7.17. The van der Waals surface area contributed by atoms with Crippen molar-refractivity contribution in [1.29, 1.82) is 0 Å².